The molecule has 0 spiro atoms. The van der Waals surface area contributed by atoms with E-state index in [0.717, 1.165) is 12.8 Å². The van der Waals surface area contributed by atoms with Crippen molar-refractivity contribution in [2.45, 2.75) is 32.1 Å². The van der Waals surface area contributed by atoms with Gasteiger partial charge in [-0.1, -0.05) is 50.2 Å². The van der Waals surface area contributed by atoms with Crippen molar-refractivity contribution in [3.05, 3.63) is 82.6 Å². The smallest absolute Gasteiger partial charge is 0.0342 e. The maximum Gasteiger partial charge on any atom is 0.0342 e. The van der Waals surface area contributed by atoms with E-state index < -0.39 is 0 Å². The number of hydrogen-bond acceptors (Lipinski definition) is 2. The van der Waals surface area contributed by atoms with Crippen LogP contribution in [0.3, 0.4) is 0 Å². The Hall–Kier alpha value is -2.16. The minimum absolute atomic E-state index is 0.116. The van der Waals surface area contributed by atoms with Crippen LogP contribution in [0.4, 0.5) is 0 Å². The second-order valence-corrected chi connectivity index (χ2v) is 9.16. The third kappa shape index (κ3) is 2.47. The van der Waals surface area contributed by atoms with Gasteiger partial charge in [-0.25, -0.2) is 0 Å². The first-order chi connectivity index (χ1) is 13.3. The van der Waals surface area contributed by atoms with Crippen LogP contribution in [0.1, 0.15) is 37.8 Å². The highest BCUT2D eigenvalue weighted by Gasteiger charge is 2.40. The molecule has 0 aliphatic heterocycles. The quantitative estimate of drug-likeness (QED) is 0.331. The minimum atomic E-state index is 0.116. The van der Waals surface area contributed by atoms with Crippen molar-refractivity contribution in [1.29, 1.82) is 0 Å². The van der Waals surface area contributed by atoms with E-state index in [0.29, 0.717) is 0 Å². The summed E-state index contributed by atoms with van der Waals surface area (Å²) in [6.07, 6.45) is 2.26. The highest BCUT2D eigenvalue weighted by molar-refractivity contribution is 7.13. The Kier molecular flexibility index (Phi) is 4.07. The molecule has 5 rings (SSSR count). The predicted octanol–water partition coefficient (Wildman–Crippen LogP) is 8.23. The summed E-state index contributed by atoms with van der Waals surface area (Å²) in [5.74, 6) is 0. The number of fused-ring (bicyclic) bond motifs is 3. The minimum Gasteiger partial charge on any atom is -0.144 e. The van der Waals surface area contributed by atoms with Crippen LogP contribution in [-0.2, 0) is 5.41 Å². The Bertz CT molecular complexity index is 996. The SMILES string of the molecule is CCC1(CC)c2cc(-c3cccs3)ccc2-c2ccc(-c3cccs3)cc21. The summed E-state index contributed by atoms with van der Waals surface area (Å²) in [5, 5.41) is 4.33. The lowest BCUT2D eigenvalue weighted by Crippen LogP contribution is -2.23. The second-order valence-electron chi connectivity index (χ2n) is 7.26. The van der Waals surface area contributed by atoms with Crippen molar-refractivity contribution in [2.75, 3.05) is 0 Å². The molecular weight excluding hydrogens is 364 g/mol. The average Bonchev–Trinajstić information content (AvgIpc) is 3.46. The Labute approximate surface area is 169 Å². The van der Waals surface area contributed by atoms with Crippen LogP contribution in [0.25, 0.3) is 32.0 Å². The highest BCUT2D eigenvalue weighted by Crippen LogP contribution is 2.54. The fraction of sp³-hybridized carbons (Fsp3) is 0.200. The van der Waals surface area contributed by atoms with E-state index in [1.807, 2.05) is 22.7 Å². The van der Waals surface area contributed by atoms with E-state index in [1.54, 1.807) is 0 Å². The zero-order valence-corrected chi connectivity index (χ0v) is 17.3. The molecule has 2 heteroatoms. The summed E-state index contributed by atoms with van der Waals surface area (Å²) in [4.78, 5) is 2.71. The lowest BCUT2D eigenvalue weighted by molar-refractivity contribution is 0.491. The molecule has 134 valence electrons. The zero-order valence-electron chi connectivity index (χ0n) is 15.7. The van der Waals surface area contributed by atoms with Crippen LogP contribution >= 0.6 is 22.7 Å². The van der Waals surface area contributed by atoms with E-state index in [2.05, 4.69) is 85.3 Å². The summed E-state index contributed by atoms with van der Waals surface area (Å²) in [6.45, 7) is 4.69. The molecule has 0 atom stereocenters. The van der Waals surface area contributed by atoms with Gasteiger partial charge in [0.05, 0.1) is 0 Å². The normalized spacial score (nSPS) is 14.1. The zero-order chi connectivity index (χ0) is 18.4. The summed E-state index contributed by atoms with van der Waals surface area (Å²) < 4.78 is 0. The molecule has 0 nitrogen and oxygen atoms in total. The van der Waals surface area contributed by atoms with Crippen molar-refractivity contribution in [3.8, 4) is 32.0 Å². The monoisotopic (exact) mass is 386 g/mol. The molecule has 1 aliphatic rings. The van der Waals surface area contributed by atoms with Crippen LogP contribution in [0.2, 0.25) is 0 Å². The topological polar surface area (TPSA) is 0 Å². The third-order valence-electron chi connectivity index (χ3n) is 6.18. The third-order valence-corrected chi connectivity index (χ3v) is 8.02. The molecular formula is C25H22S2. The van der Waals surface area contributed by atoms with Crippen LogP contribution in [0, 0.1) is 0 Å². The van der Waals surface area contributed by atoms with Gasteiger partial charge in [0.1, 0.15) is 0 Å². The van der Waals surface area contributed by atoms with Gasteiger partial charge in [-0.2, -0.15) is 0 Å². The molecule has 0 radical (unpaired) electrons. The maximum atomic E-state index is 2.46. The molecule has 1 aliphatic carbocycles. The molecule has 0 bridgehead atoms. The Morgan fingerprint density at radius 3 is 1.52 bits per heavy atom. The van der Waals surface area contributed by atoms with Crippen LogP contribution in [-0.4, -0.2) is 0 Å². The van der Waals surface area contributed by atoms with Crippen LogP contribution < -0.4 is 0 Å². The van der Waals surface area contributed by atoms with Gasteiger partial charge in [-0.3, -0.25) is 0 Å². The average molecular weight is 387 g/mol. The number of hydrogen-bond donors (Lipinski definition) is 0. The van der Waals surface area contributed by atoms with Gasteiger partial charge in [-0.15, -0.1) is 22.7 Å². The van der Waals surface area contributed by atoms with E-state index in [-0.39, 0.29) is 5.41 Å². The van der Waals surface area contributed by atoms with Crippen molar-refractivity contribution in [3.63, 3.8) is 0 Å². The van der Waals surface area contributed by atoms with E-state index in [9.17, 15) is 0 Å². The second kappa shape index (κ2) is 6.47. The molecule has 0 fully saturated rings. The molecule has 0 amide bonds. The fourth-order valence-electron chi connectivity index (χ4n) is 4.70. The van der Waals surface area contributed by atoms with E-state index in [1.165, 1.54) is 43.1 Å². The fourth-order valence-corrected chi connectivity index (χ4v) is 6.15. The van der Waals surface area contributed by atoms with Crippen molar-refractivity contribution in [1.82, 2.24) is 0 Å². The molecule has 0 saturated carbocycles. The molecule has 0 N–H and O–H groups in total. The molecule has 0 unspecified atom stereocenters. The molecule has 2 heterocycles. The van der Waals surface area contributed by atoms with Crippen LogP contribution in [0.5, 0.6) is 0 Å². The largest absolute Gasteiger partial charge is 0.144 e. The van der Waals surface area contributed by atoms with Gasteiger partial charge in [-0.05, 0) is 81.2 Å². The molecule has 0 saturated heterocycles. The first kappa shape index (κ1) is 17.0. The van der Waals surface area contributed by atoms with Gasteiger partial charge < -0.3 is 0 Å². The maximum absolute atomic E-state index is 2.46. The molecule has 27 heavy (non-hydrogen) atoms. The predicted molar refractivity (Wildman–Crippen MR) is 120 cm³/mol. The van der Waals surface area contributed by atoms with Crippen LogP contribution in [0.15, 0.2) is 71.4 Å². The summed E-state index contributed by atoms with van der Waals surface area (Å²) in [5.41, 5.74) is 8.68. The standard InChI is InChI=1S/C25H22S2/c1-3-25(4-2)21-15-17(23-7-5-13-26-23)9-11-19(21)20-12-10-18(16-22(20)25)24-8-6-14-27-24/h5-16H,3-4H2,1-2H3. The first-order valence-electron chi connectivity index (χ1n) is 9.64. The number of thiophene rings is 2. The summed E-state index contributed by atoms with van der Waals surface area (Å²) >= 11 is 3.65. The van der Waals surface area contributed by atoms with Crippen molar-refractivity contribution < 1.29 is 0 Å². The molecule has 4 aromatic rings. The molecule has 2 aromatic heterocycles. The Morgan fingerprint density at radius 2 is 1.15 bits per heavy atom. The first-order valence-corrected chi connectivity index (χ1v) is 11.4. The van der Waals surface area contributed by atoms with Gasteiger partial charge >= 0.3 is 0 Å². The van der Waals surface area contributed by atoms with Gasteiger partial charge in [0, 0.05) is 15.2 Å². The summed E-state index contributed by atoms with van der Waals surface area (Å²) in [6, 6.07) is 22.9. The van der Waals surface area contributed by atoms with E-state index >= 15 is 0 Å². The highest BCUT2D eigenvalue weighted by atomic mass is 32.1. The van der Waals surface area contributed by atoms with Crippen molar-refractivity contribution >= 4 is 22.7 Å². The van der Waals surface area contributed by atoms with Gasteiger partial charge in [0.15, 0.2) is 0 Å². The Morgan fingerprint density at radius 1 is 0.667 bits per heavy atom. The molecule has 2 aromatic carbocycles. The summed E-state index contributed by atoms with van der Waals surface area (Å²) in [7, 11) is 0. The number of rotatable bonds is 4. The lowest BCUT2D eigenvalue weighted by atomic mass is 9.73. The van der Waals surface area contributed by atoms with Gasteiger partial charge in [0.2, 0.25) is 0 Å². The van der Waals surface area contributed by atoms with Crippen molar-refractivity contribution in [2.24, 2.45) is 0 Å². The number of benzene rings is 2. The van der Waals surface area contributed by atoms with Gasteiger partial charge in [0.25, 0.3) is 0 Å². The van der Waals surface area contributed by atoms with E-state index in [4.69, 9.17) is 0 Å². The Balaban J connectivity index is 1.73. The lowest BCUT2D eigenvalue weighted by Gasteiger charge is -2.30.